The maximum atomic E-state index is 14.0. The lowest BCUT2D eigenvalue weighted by Crippen LogP contribution is -2.52. The van der Waals surface area contributed by atoms with Gasteiger partial charge in [-0.3, -0.25) is 19.5 Å². The van der Waals surface area contributed by atoms with E-state index in [0.717, 1.165) is 49.2 Å². The standard InChI is InChI=1S/C34H42FN5O2/c1-3-33(41)39-22-17-30-8-6-9-31(40(30)23-26-15-19-36-20-16-26)25-38(24-27-7-4-5-10-32(27)39)34(42)18-21-37(2)29-13-11-28(35)12-14-29/h4-5,7,10-16,19-20,30-31H,3,6,8-9,17-18,21-25H2,1-2H3. The van der Waals surface area contributed by atoms with Crippen LogP contribution in [0.1, 0.15) is 56.6 Å². The lowest BCUT2D eigenvalue weighted by molar-refractivity contribution is -0.133. The third-order valence-electron chi connectivity index (χ3n) is 8.77. The molecule has 1 saturated heterocycles. The fourth-order valence-corrected chi connectivity index (χ4v) is 6.40. The van der Waals surface area contributed by atoms with Gasteiger partial charge in [0.15, 0.2) is 0 Å². The van der Waals surface area contributed by atoms with E-state index < -0.39 is 0 Å². The second kappa shape index (κ2) is 13.9. The smallest absolute Gasteiger partial charge is 0.226 e. The van der Waals surface area contributed by atoms with Gasteiger partial charge in [0.25, 0.3) is 0 Å². The minimum Gasteiger partial charge on any atom is -0.374 e. The van der Waals surface area contributed by atoms with E-state index in [4.69, 9.17) is 0 Å². The number of anilines is 2. The van der Waals surface area contributed by atoms with Crippen molar-refractivity contribution < 1.29 is 14.0 Å². The van der Waals surface area contributed by atoms with Crippen molar-refractivity contribution in [3.63, 3.8) is 0 Å². The summed E-state index contributed by atoms with van der Waals surface area (Å²) in [6.07, 6.45) is 8.54. The van der Waals surface area contributed by atoms with Crippen molar-refractivity contribution in [1.29, 1.82) is 0 Å². The van der Waals surface area contributed by atoms with Crippen LogP contribution in [-0.2, 0) is 22.7 Å². The van der Waals surface area contributed by atoms with Crippen molar-refractivity contribution in [1.82, 2.24) is 14.8 Å². The Labute approximate surface area is 248 Å². The van der Waals surface area contributed by atoms with E-state index in [1.54, 1.807) is 12.1 Å². The molecule has 2 atom stereocenters. The molecule has 2 unspecified atom stereocenters. The van der Waals surface area contributed by atoms with E-state index in [2.05, 4.69) is 28.1 Å². The van der Waals surface area contributed by atoms with Crippen molar-refractivity contribution in [3.8, 4) is 0 Å². The van der Waals surface area contributed by atoms with Gasteiger partial charge in [0.05, 0.1) is 0 Å². The van der Waals surface area contributed by atoms with Crippen LogP contribution in [0.2, 0.25) is 0 Å². The molecule has 2 bridgehead atoms. The number of hydrogen-bond acceptors (Lipinski definition) is 5. The van der Waals surface area contributed by atoms with Gasteiger partial charge in [-0.15, -0.1) is 0 Å². The second-order valence-electron chi connectivity index (χ2n) is 11.5. The highest BCUT2D eigenvalue weighted by Crippen LogP contribution is 2.32. The SMILES string of the molecule is CCC(=O)N1CCC2CCCC(CN(C(=O)CCN(C)c3ccc(F)cc3)Cc3ccccc31)N2Cc1ccncc1. The van der Waals surface area contributed by atoms with Gasteiger partial charge in [-0.1, -0.05) is 31.5 Å². The molecule has 1 aromatic heterocycles. The largest absolute Gasteiger partial charge is 0.374 e. The Hall–Kier alpha value is -3.78. The van der Waals surface area contributed by atoms with E-state index >= 15 is 0 Å². The molecular weight excluding hydrogens is 529 g/mol. The number of fused-ring (bicyclic) bond motifs is 3. The first-order chi connectivity index (χ1) is 20.4. The Balaban J connectivity index is 1.45. The summed E-state index contributed by atoms with van der Waals surface area (Å²) in [7, 11) is 1.93. The van der Waals surface area contributed by atoms with Gasteiger partial charge in [0.1, 0.15) is 5.82 Å². The quantitative estimate of drug-likeness (QED) is 0.367. The van der Waals surface area contributed by atoms with E-state index in [0.29, 0.717) is 45.1 Å². The predicted molar refractivity (Wildman–Crippen MR) is 165 cm³/mol. The molecule has 0 spiro atoms. The van der Waals surface area contributed by atoms with Crippen molar-refractivity contribution in [3.05, 3.63) is 90.0 Å². The van der Waals surface area contributed by atoms with Crippen LogP contribution in [-0.4, -0.2) is 65.4 Å². The molecule has 5 rings (SSSR count). The van der Waals surface area contributed by atoms with E-state index in [-0.39, 0.29) is 23.7 Å². The van der Waals surface area contributed by atoms with Crippen LogP contribution in [0, 0.1) is 5.82 Å². The van der Waals surface area contributed by atoms with Crippen LogP contribution in [0.15, 0.2) is 73.1 Å². The number of pyridine rings is 1. The Morgan fingerprint density at radius 2 is 1.69 bits per heavy atom. The van der Waals surface area contributed by atoms with Gasteiger partial charge in [-0.25, -0.2) is 4.39 Å². The average Bonchev–Trinajstić information content (AvgIpc) is 3.02. The Morgan fingerprint density at radius 1 is 0.952 bits per heavy atom. The molecule has 8 heteroatoms. The zero-order chi connectivity index (χ0) is 29.5. The first-order valence-electron chi connectivity index (χ1n) is 15.2. The Bertz CT molecular complexity index is 1340. The van der Waals surface area contributed by atoms with Crippen molar-refractivity contribution in [2.24, 2.45) is 0 Å². The topological polar surface area (TPSA) is 60.0 Å². The van der Waals surface area contributed by atoms with Gasteiger partial charge >= 0.3 is 0 Å². The summed E-state index contributed by atoms with van der Waals surface area (Å²) in [5.74, 6) is -0.0889. The lowest BCUT2D eigenvalue weighted by Gasteiger charge is -2.44. The molecular formula is C34H42FN5O2. The number of nitrogens with zero attached hydrogens (tertiary/aromatic N) is 5. The average molecular weight is 572 g/mol. The molecule has 2 aliphatic rings. The van der Waals surface area contributed by atoms with Gasteiger partial charge in [0.2, 0.25) is 11.8 Å². The number of halogens is 1. The highest BCUT2D eigenvalue weighted by molar-refractivity contribution is 5.94. The first kappa shape index (κ1) is 29.7. The molecule has 7 nitrogen and oxygen atoms in total. The summed E-state index contributed by atoms with van der Waals surface area (Å²) in [6.45, 7) is 4.98. The van der Waals surface area contributed by atoms with Crippen LogP contribution in [0.25, 0.3) is 0 Å². The number of aromatic nitrogens is 1. The molecule has 2 aromatic carbocycles. The third kappa shape index (κ3) is 7.16. The first-order valence-corrected chi connectivity index (χ1v) is 15.2. The monoisotopic (exact) mass is 571 g/mol. The molecule has 3 heterocycles. The Kier molecular flexibility index (Phi) is 9.85. The molecule has 0 aliphatic carbocycles. The van der Waals surface area contributed by atoms with Crippen molar-refractivity contribution >= 4 is 23.2 Å². The van der Waals surface area contributed by atoms with Crippen molar-refractivity contribution in [2.45, 2.75) is 70.6 Å². The second-order valence-corrected chi connectivity index (χ2v) is 11.5. The molecule has 3 aromatic rings. The summed E-state index contributed by atoms with van der Waals surface area (Å²) in [4.78, 5) is 40.0. The molecule has 2 aliphatic heterocycles. The number of rotatable bonds is 7. The van der Waals surface area contributed by atoms with Crippen LogP contribution in [0.4, 0.5) is 15.8 Å². The molecule has 222 valence electrons. The highest BCUT2D eigenvalue weighted by atomic mass is 19.1. The molecule has 0 saturated carbocycles. The summed E-state index contributed by atoms with van der Waals surface area (Å²) in [6, 6.07) is 19.1. The normalized spacial score (nSPS) is 19.5. The number of carbonyl (C=O) groups excluding carboxylic acids is 2. The third-order valence-corrected chi connectivity index (χ3v) is 8.77. The Morgan fingerprint density at radius 3 is 2.45 bits per heavy atom. The van der Waals surface area contributed by atoms with Crippen LogP contribution >= 0.6 is 0 Å². The molecule has 1 fully saturated rings. The minimum atomic E-state index is -0.275. The maximum Gasteiger partial charge on any atom is 0.226 e. The van der Waals surface area contributed by atoms with E-state index in [1.807, 2.05) is 59.3 Å². The minimum absolute atomic E-state index is 0.0809. The number of hydrogen-bond donors (Lipinski definition) is 0. The zero-order valence-corrected chi connectivity index (χ0v) is 24.8. The summed E-state index contributed by atoms with van der Waals surface area (Å²) in [5, 5.41) is 0. The molecule has 0 N–H and O–H groups in total. The van der Waals surface area contributed by atoms with Crippen LogP contribution in [0.5, 0.6) is 0 Å². The summed E-state index contributed by atoms with van der Waals surface area (Å²) in [5.41, 5.74) is 3.99. The highest BCUT2D eigenvalue weighted by Gasteiger charge is 2.34. The zero-order valence-electron chi connectivity index (χ0n) is 24.8. The van der Waals surface area contributed by atoms with E-state index in [9.17, 15) is 14.0 Å². The lowest BCUT2D eigenvalue weighted by atomic mass is 9.92. The van der Waals surface area contributed by atoms with Gasteiger partial charge in [0, 0.05) is 88.5 Å². The number of benzene rings is 2. The van der Waals surface area contributed by atoms with Gasteiger partial charge in [-0.2, -0.15) is 0 Å². The maximum absolute atomic E-state index is 14.0. The number of para-hydroxylation sites is 1. The predicted octanol–water partition coefficient (Wildman–Crippen LogP) is 5.65. The van der Waals surface area contributed by atoms with E-state index in [1.165, 1.54) is 17.7 Å². The summed E-state index contributed by atoms with van der Waals surface area (Å²) < 4.78 is 13.5. The van der Waals surface area contributed by atoms with Crippen LogP contribution in [0.3, 0.4) is 0 Å². The number of piperidine rings is 1. The number of carbonyl (C=O) groups is 2. The fourth-order valence-electron chi connectivity index (χ4n) is 6.40. The molecule has 0 radical (unpaired) electrons. The van der Waals surface area contributed by atoms with Crippen LogP contribution < -0.4 is 9.80 Å². The van der Waals surface area contributed by atoms with Gasteiger partial charge in [-0.05, 0) is 72.9 Å². The van der Waals surface area contributed by atoms with Crippen molar-refractivity contribution in [2.75, 3.05) is 36.5 Å². The molecule has 42 heavy (non-hydrogen) atoms. The summed E-state index contributed by atoms with van der Waals surface area (Å²) >= 11 is 0. The number of amides is 2. The fraction of sp³-hybridized carbons (Fsp3) is 0.441. The van der Waals surface area contributed by atoms with Gasteiger partial charge < -0.3 is 14.7 Å². The molecule has 2 amide bonds.